The molecule has 0 aromatic rings. The molecule has 0 aromatic carbocycles. The van der Waals surface area contributed by atoms with Gasteiger partial charge in [-0.15, -0.1) is 0 Å². The Kier molecular flexibility index (Phi) is 9.91. The van der Waals surface area contributed by atoms with Gasteiger partial charge in [0.15, 0.2) is 0 Å². The van der Waals surface area contributed by atoms with Crippen LogP contribution in [0.3, 0.4) is 0 Å². The summed E-state index contributed by atoms with van der Waals surface area (Å²) in [5.41, 5.74) is -1.99. The molecule has 14 heteroatoms. The Morgan fingerprint density at radius 3 is 1.63 bits per heavy atom. The van der Waals surface area contributed by atoms with Gasteiger partial charge in [-0.25, -0.2) is 18.4 Å². The highest BCUT2D eigenvalue weighted by atomic mass is 19.4. The molecule has 30 heavy (non-hydrogen) atoms. The molecule has 0 amide bonds. The van der Waals surface area contributed by atoms with Gasteiger partial charge >= 0.3 is 36.1 Å². The van der Waals surface area contributed by atoms with Crippen molar-refractivity contribution in [3.8, 4) is 0 Å². The first kappa shape index (κ1) is 27.8. The molecule has 6 nitrogen and oxygen atoms in total. The van der Waals surface area contributed by atoms with Crippen molar-refractivity contribution in [2.24, 2.45) is 5.41 Å². The van der Waals surface area contributed by atoms with E-state index in [1.54, 1.807) is 0 Å². The number of hydrogen-bond donors (Lipinski definition) is 1. The maximum atomic E-state index is 13.5. The Morgan fingerprint density at radius 1 is 0.867 bits per heavy atom. The summed E-state index contributed by atoms with van der Waals surface area (Å²) in [6, 6.07) is 0. The zero-order valence-corrected chi connectivity index (χ0v) is 15.2. The molecule has 0 radical (unpaired) electrons. The zero-order valence-electron chi connectivity index (χ0n) is 15.2. The average molecular weight is 458 g/mol. The number of esters is 2. The molecular formula is C16H18F8O6. The van der Waals surface area contributed by atoms with E-state index in [0.29, 0.717) is 12.2 Å². The van der Waals surface area contributed by atoms with Gasteiger partial charge in [0.1, 0.15) is 19.8 Å². The quantitative estimate of drug-likeness (QED) is 0.245. The van der Waals surface area contributed by atoms with Crippen molar-refractivity contribution in [3.63, 3.8) is 0 Å². The molecule has 174 valence electrons. The van der Waals surface area contributed by atoms with Gasteiger partial charge in [-0.05, 0) is 0 Å². The number of hydrogen-bond acceptors (Lipinski definition) is 6. The van der Waals surface area contributed by atoms with Crippen LogP contribution in [0.2, 0.25) is 0 Å². The molecule has 0 unspecified atom stereocenters. The SMILES string of the molecule is C=CC(=O)OCC(CO)(COCC(F)(F)C(F)(F)C(F)(F)C(F)F)COC(=O)C=C. The van der Waals surface area contributed by atoms with Crippen LogP contribution in [0.5, 0.6) is 0 Å². The second kappa shape index (κ2) is 10.7. The maximum absolute atomic E-state index is 13.5. The number of alkyl halides is 8. The molecule has 0 aliphatic rings. The molecule has 0 fully saturated rings. The van der Waals surface area contributed by atoms with Crippen molar-refractivity contribution in [2.75, 3.05) is 33.0 Å². The lowest BCUT2D eigenvalue weighted by molar-refractivity contribution is -0.347. The minimum atomic E-state index is -6.49. The van der Waals surface area contributed by atoms with Gasteiger partial charge in [0.2, 0.25) is 0 Å². The fourth-order valence-corrected chi connectivity index (χ4v) is 1.70. The van der Waals surface area contributed by atoms with Crippen LogP contribution in [0.15, 0.2) is 25.3 Å². The summed E-state index contributed by atoms with van der Waals surface area (Å²) < 4.78 is 117. The first-order valence-electron chi connectivity index (χ1n) is 7.81. The molecule has 0 bridgehead atoms. The Bertz CT molecular complexity index is 599. The maximum Gasteiger partial charge on any atom is 0.380 e. The Morgan fingerprint density at radius 2 is 1.30 bits per heavy atom. The van der Waals surface area contributed by atoms with Crippen LogP contribution < -0.4 is 0 Å². The van der Waals surface area contributed by atoms with Gasteiger partial charge in [-0.1, -0.05) is 13.2 Å². The summed E-state index contributed by atoms with van der Waals surface area (Å²) >= 11 is 0. The molecule has 0 aromatic heterocycles. The summed E-state index contributed by atoms with van der Waals surface area (Å²) in [4.78, 5) is 22.3. The van der Waals surface area contributed by atoms with Gasteiger partial charge in [-0.3, -0.25) is 0 Å². The lowest BCUT2D eigenvalue weighted by Gasteiger charge is -2.34. The molecule has 0 rings (SSSR count). The van der Waals surface area contributed by atoms with Crippen molar-refractivity contribution in [1.82, 2.24) is 0 Å². The third kappa shape index (κ3) is 6.65. The summed E-state index contributed by atoms with van der Waals surface area (Å²) in [5, 5.41) is 9.47. The number of carbonyl (C=O) groups is 2. The molecule has 0 saturated heterocycles. The van der Waals surface area contributed by atoms with E-state index in [4.69, 9.17) is 0 Å². The van der Waals surface area contributed by atoms with Crippen LogP contribution in [0.4, 0.5) is 35.1 Å². The van der Waals surface area contributed by atoms with Gasteiger partial charge in [0.25, 0.3) is 0 Å². The molecule has 1 N–H and O–H groups in total. The Labute approximate surface area is 165 Å². The summed E-state index contributed by atoms with van der Waals surface area (Å²) in [6.45, 7) is -0.385. The van der Waals surface area contributed by atoms with Crippen molar-refractivity contribution in [1.29, 1.82) is 0 Å². The first-order valence-corrected chi connectivity index (χ1v) is 7.81. The van der Waals surface area contributed by atoms with Gasteiger partial charge in [0, 0.05) is 12.2 Å². The second-order valence-electron chi connectivity index (χ2n) is 5.98. The number of ether oxygens (including phenoxy) is 3. The standard InChI is InChI=1S/C16H18F8O6/c1-3-10(26)29-7-13(5-25,8-30-11(27)4-2)6-28-9-14(19,20)16(23,24)15(21,22)12(17)18/h3-4,12,25H,1-2,5-9H2. The number of halogens is 8. The van der Waals surface area contributed by atoms with Crippen LogP contribution in [-0.2, 0) is 23.8 Å². The van der Waals surface area contributed by atoms with Gasteiger partial charge in [-0.2, -0.15) is 26.3 Å². The van der Waals surface area contributed by atoms with Crippen molar-refractivity contribution >= 4 is 11.9 Å². The molecule has 0 spiro atoms. The zero-order chi connectivity index (χ0) is 23.8. The van der Waals surface area contributed by atoms with Gasteiger partial charge < -0.3 is 19.3 Å². The average Bonchev–Trinajstić information content (AvgIpc) is 2.68. The smallest absolute Gasteiger partial charge is 0.380 e. The summed E-state index contributed by atoms with van der Waals surface area (Å²) in [7, 11) is 0. The van der Waals surface area contributed by atoms with E-state index in [1.165, 1.54) is 0 Å². The van der Waals surface area contributed by atoms with E-state index in [9.17, 15) is 49.8 Å². The van der Waals surface area contributed by atoms with E-state index >= 15 is 0 Å². The molecule has 0 atom stereocenters. The normalized spacial score (nSPS) is 13.1. The van der Waals surface area contributed by atoms with Gasteiger partial charge in [0.05, 0.1) is 18.6 Å². The van der Waals surface area contributed by atoms with E-state index in [-0.39, 0.29) is 0 Å². The van der Waals surface area contributed by atoms with Crippen LogP contribution in [0.1, 0.15) is 0 Å². The third-order valence-electron chi connectivity index (χ3n) is 3.55. The summed E-state index contributed by atoms with van der Waals surface area (Å²) in [5.74, 6) is -20.8. The van der Waals surface area contributed by atoms with Crippen LogP contribution in [-0.4, -0.2) is 74.3 Å². The first-order chi connectivity index (χ1) is 13.6. The van der Waals surface area contributed by atoms with Crippen LogP contribution in [0, 0.1) is 5.41 Å². The predicted octanol–water partition coefficient (Wildman–Crippen LogP) is 2.61. The topological polar surface area (TPSA) is 82.1 Å². The largest absolute Gasteiger partial charge is 0.462 e. The molecule has 0 aliphatic carbocycles. The van der Waals surface area contributed by atoms with E-state index in [1.807, 2.05) is 0 Å². The number of aliphatic hydroxyl groups is 1. The predicted molar refractivity (Wildman–Crippen MR) is 83.5 cm³/mol. The van der Waals surface area contributed by atoms with Crippen LogP contribution >= 0.6 is 0 Å². The minimum Gasteiger partial charge on any atom is -0.462 e. The highest BCUT2D eigenvalue weighted by molar-refractivity contribution is 5.81. The van der Waals surface area contributed by atoms with Crippen molar-refractivity contribution < 1.29 is 64.0 Å². The van der Waals surface area contributed by atoms with E-state index in [0.717, 1.165) is 0 Å². The fraction of sp³-hybridized carbons (Fsp3) is 0.625. The Balaban J connectivity index is 5.40. The molecule has 0 saturated carbocycles. The molecular weight excluding hydrogens is 440 g/mol. The van der Waals surface area contributed by atoms with E-state index < -0.39 is 74.6 Å². The van der Waals surface area contributed by atoms with Crippen molar-refractivity contribution in [2.45, 2.75) is 24.2 Å². The molecule has 0 aliphatic heterocycles. The monoisotopic (exact) mass is 458 g/mol. The lowest BCUT2D eigenvalue weighted by Crippen LogP contribution is -2.59. The lowest BCUT2D eigenvalue weighted by atomic mass is 9.92. The number of aliphatic hydroxyl groups excluding tert-OH is 1. The summed E-state index contributed by atoms with van der Waals surface area (Å²) in [6.07, 6.45) is -3.76. The number of carbonyl (C=O) groups excluding carboxylic acids is 2. The van der Waals surface area contributed by atoms with Crippen LogP contribution in [0.25, 0.3) is 0 Å². The molecule has 0 heterocycles. The van der Waals surface area contributed by atoms with E-state index in [2.05, 4.69) is 27.4 Å². The highest BCUT2D eigenvalue weighted by Crippen LogP contribution is 2.48. The third-order valence-corrected chi connectivity index (χ3v) is 3.55. The van der Waals surface area contributed by atoms with Crippen molar-refractivity contribution in [3.05, 3.63) is 25.3 Å². The highest BCUT2D eigenvalue weighted by Gasteiger charge is 2.75. The number of rotatable bonds is 14. The minimum absolute atomic E-state index is 0.667. The Hall–Kier alpha value is -2.22. The fourth-order valence-electron chi connectivity index (χ4n) is 1.70. The second-order valence-corrected chi connectivity index (χ2v) is 5.98.